The monoisotopic (exact) mass is 424 g/mol. The van der Waals surface area contributed by atoms with Crippen LogP contribution in [0.25, 0.3) is 0 Å². The van der Waals surface area contributed by atoms with Crippen LogP contribution in [0.15, 0.2) is 48.5 Å². The number of ketones is 1. The number of benzene rings is 2. The second-order valence-electron chi connectivity index (χ2n) is 8.02. The number of amides is 2. The molecule has 2 aromatic carbocycles. The Hall–Kier alpha value is -2.70. The molecule has 0 unspecified atom stereocenters. The van der Waals surface area contributed by atoms with Crippen molar-refractivity contribution < 1.29 is 19.1 Å². The molecule has 2 amide bonds. The van der Waals surface area contributed by atoms with Gasteiger partial charge in [-0.05, 0) is 67.9 Å². The zero-order valence-corrected chi connectivity index (χ0v) is 17.2. The summed E-state index contributed by atoms with van der Waals surface area (Å²) in [5, 5.41) is 0.549. The third-order valence-electron chi connectivity index (χ3n) is 6.58. The van der Waals surface area contributed by atoms with E-state index in [1.165, 1.54) is 4.90 Å². The van der Waals surface area contributed by atoms with Gasteiger partial charge in [-0.15, -0.1) is 0 Å². The summed E-state index contributed by atoms with van der Waals surface area (Å²) in [5.41, 5.74) is 1.03. The molecule has 0 saturated carbocycles. The van der Waals surface area contributed by atoms with Crippen molar-refractivity contribution >= 4 is 34.9 Å². The quantitative estimate of drug-likeness (QED) is 0.557. The van der Waals surface area contributed by atoms with Crippen LogP contribution in [0.2, 0.25) is 5.02 Å². The smallest absolute Gasteiger partial charge is 0.239 e. The lowest BCUT2D eigenvalue weighted by atomic mass is 9.85. The molecule has 0 aromatic heterocycles. The molecule has 0 N–H and O–H groups in total. The number of ether oxygens (including phenoxy) is 1. The Bertz CT molecular complexity index is 1020. The van der Waals surface area contributed by atoms with Crippen molar-refractivity contribution in [3.63, 3.8) is 0 Å². The average molecular weight is 425 g/mol. The van der Waals surface area contributed by atoms with E-state index in [2.05, 4.69) is 4.90 Å². The van der Waals surface area contributed by atoms with E-state index in [4.69, 9.17) is 16.3 Å². The fourth-order valence-electron chi connectivity index (χ4n) is 5.29. The predicted molar refractivity (Wildman–Crippen MR) is 112 cm³/mol. The lowest BCUT2D eigenvalue weighted by molar-refractivity contribution is -0.123. The average Bonchev–Trinajstić information content (AvgIpc) is 3.40. The van der Waals surface area contributed by atoms with E-state index in [-0.39, 0.29) is 23.6 Å². The highest BCUT2D eigenvalue weighted by Gasteiger charge is 2.64. The van der Waals surface area contributed by atoms with E-state index in [0.29, 0.717) is 22.0 Å². The van der Waals surface area contributed by atoms with E-state index < -0.39 is 17.9 Å². The fourth-order valence-corrected chi connectivity index (χ4v) is 5.41. The summed E-state index contributed by atoms with van der Waals surface area (Å²) in [5.74, 6) is -1.12. The summed E-state index contributed by atoms with van der Waals surface area (Å²) >= 11 is 5.97. The maximum absolute atomic E-state index is 13.5. The van der Waals surface area contributed by atoms with Gasteiger partial charge in [0.2, 0.25) is 11.8 Å². The molecule has 0 radical (unpaired) electrons. The Balaban J connectivity index is 1.52. The molecule has 0 aliphatic carbocycles. The van der Waals surface area contributed by atoms with Gasteiger partial charge in [0.05, 0.1) is 30.7 Å². The van der Waals surface area contributed by atoms with Crippen molar-refractivity contribution in [2.24, 2.45) is 11.8 Å². The second kappa shape index (κ2) is 7.22. The minimum Gasteiger partial charge on any atom is -0.497 e. The Morgan fingerprint density at radius 3 is 2.33 bits per heavy atom. The van der Waals surface area contributed by atoms with Crippen LogP contribution in [0.1, 0.15) is 23.2 Å². The summed E-state index contributed by atoms with van der Waals surface area (Å²) in [6.45, 7) is 0.727. The lowest BCUT2D eigenvalue weighted by Crippen LogP contribution is -2.46. The Labute approximate surface area is 179 Å². The molecule has 2 aromatic rings. The standard InChI is InChI=1S/C23H21ClN2O4/c1-30-16-10-8-15(9-11-16)26-22(28)18-17-3-2-12-25(17)20(19(18)23(26)29)21(27)13-4-6-14(24)7-5-13/h4-11,17-20H,2-3,12H2,1H3/t17-,18+,19+,20-/m1/s1. The van der Waals surface area contributed by atoms with E-state index >= 15 is 0 Å². The van der Waals surface area contributed by atoms with Crippen LogP contribution in [-0.2, 0) is 9.59 Å². The zero-order chi connectivity index (χ0) is 21.0. The molecular weight excluding hydrogens is 404 g/mol. The van der Waals surface area contributed by atoms with Crippen molar-refractivity contribution in [2.75, 3.05) is 18.6 Å². The van der Waals surface area contributed by atoms with Crippen LogP contribution in [-0.4, -0.2) is 48.2 Å². The molecule has 30 heavy (non-hydrogen) atoms. The number of carbonyl (C=O) groups excluding carboxylic acids is 3. The molecule has 7 heteroatoms. The number of hydrogen-bond acceptors (Lipinski definition) is 5. The third kappa shape index (κ3) is 2.78. The summed E-state index contributed by atoms with van der Waals surface area (Å²) in [6, 6.07) is 12.9. The van der Waals surface area contributed by atoms with Crippen LogP contribution in [0.4, 0.5) is 5.69 Å². The van der Waals surface area contributed by atoms with Gasteiger partial charge in [0.25, 0.3) is 0 Å². The van der Waals surface area contributed by atoms with Gasteiger partial charge in [-0.2, -0.15) is 0 Å². The highest BCUT2D eigenvalue weighted by atomic mass is 35.5. The van der Waals surface area contributed by atoms with Crippen molar-refractivity contribution in [3.8, 4) is 5.75 Å². The first-order valence-corrected chi connectivity index (χ1v) is 10.5. The van der Waals surface area contributed by atoms with Gasteiger partial charge in [0, 0.05) is 16.6 Å². The van der Waals surface area contributed by atoms with Gasteiger partial charge in [-0.3, -0.25) is 19.3 Å². The molecule has 3 aliphatic heterocycles. The first-order chi connectivity index (χ1) is 14.5. The largest absolute Gasteiger partial charge is 0.497 e. The fraction of sp³-hybridized carbons (Fsp3) is 0.348. The second-order valence-corrected chi connectivity index (χ2v) is 8.46. The number of carbonyl (C=O) groups is 3. The van der Waals surface area contributed by atoms with Gasteiger partial charge in [-0.1, -0.05) is 11.6 Å². The maximum atomic E-state index is 13.5. The third-order valence-corrected chi connectivity index (χ3v) is 6.83. The first kappa shape index (κ1) is 19.3. The molecule has 6 nitrogen and oxygen atoms in total. The first-order valence-electron chi connectivity index (χ1n) is 10.1. The number of imide groups is 1. The van der Waals surface area contributed by atoms with Crippen LogP contribution in [0.3, 0.4) is 0 Å². The number of Topliss-reactive ketones (excluding diaryl/α,β-unsaturated/α-hetero) is 1. The number of nitrogens with zero attached hydrogens (tertiary/aromatic N) is 2. The van der Waals surface area contributed by atoms with Gasteiger partial charge >= 0.3 is 0 Å². The summed E-state index contributed by atoms with van der Waals surface area (Å²) in [6.07, 6.45) is 1.74. The topological polar surface area (TPSA) is 66.9 Å². The number of rotatable bonds is 4. The van der Waals surface area contributed by atoms with Crippen LogP contribution >= 0.6 is 11.6 Å². The Kier molecular flexibility index (Phi) is 4.64. The van der Waals surface area contributed by atoms with E-state index in [1.54, 1.807) is 55.6 Å². The van der Waals surface area contributed by atoms with Gasteiger partial charge in [-0.25, -0.2) is 4.90 Å². The Morgan fingerprint density at radius 2 is 1.67 bits per heavy atom. The van der Waals surface area contributed by atoms with Gasteiger partial charge in [0.1, 0.15) is 5.75 Å². The maximum Gasteiger partial charge on any atom is 0.239 e. The van der Waals surface area contributed by atoms with E-state index in [9.17, 15) is 14.4 Å². The van der Waals surface area contributed by atoms with Crippen molar-refractivity contribution in [1.82, 2.24) is 4.90 Å². The normalized spacial score (nSPS) is 28.0. The number of methoxy groups -OCH3 is 1. The molecule has 154 valence electrons. The Morgan fingerprint density at radius 1 is 1.00 bits per heavy atom. The molecule has 3 saturated heterocycles. The van der Waals surface area contributed by atoms with Gasteiger partial charge < -0.3 is 4.74 Å². The number of hydrogen-bond donors (Lipinski definition) is 0. The molecule has 3 fully saturated rings. The van der Waals surface area contributed by atoms with E-state index in [0.717, 1.165) is 19.4 Å². The van der Waals surface area contributed by atoms with Crippen molar-refractivity contribution in [3.05, 3.63) is 59.1 Å². The van der Waals surface area contributed by atoms with E-state index in [1.807, 2.05) is 0 Å². The van der Waals surface area contributed by atoms with Crippen molar-refractivity contribution in [2.45, 2.75) is 24.9 Å². The molecule has 3 aliphatic rings. The molecule has 0 spiro atoms. The van der Waals surface area contributed by atoms with Crippen molar-refractivity contribution in [1.29, 1.82) is 0 Å². The highest BCUT2D eigenvalue weighted by Crippen LogP contribution is 2.48. The number of halogens is 1. The SMILES string of the molecule is COc1ccc(N2C(=O)[C@@H]3[C@H](C2=O)[C@H](C(=O)c2ccc(Cl)cc2)N2CCC[C@H]32)cc1. The van der Waals surface area contributed by atoms with Crippen LogP contribution < -0.4 is 9.64 Å². The summed E-state index contributed by atoms with van der Waals surface area (Å²) in [4.78, 5) is 43.6. The zero-order valence-electron chi connectivity index (χ0n) is 16.5. The number of anilines is 1. The van der Waals surface area contributed by atoms with Gasteiger partial charge in [0.15, 0.2) is 5.78 Å². The molecule has 3 heterocycles. The molecule has 0 bridgehead atoms. The van der Waals surface area contributed by atoms with Crippen LogP contribution in [0, 0.1) is 11.8 Å². The predicted octanol–water partition coefficient (Wildman–Crippen LogP) is 3.18. The summed E-state index contributed by atoms with van der Waals surface area (Å²) < 4.78 is 5.17. The highest BCUT2D eigenvalue weighted by molar-refractivity contribution is 6.30. The summed E-state index contributed by atoms with van der Waals surface area (Å²) in [7, 11) is 1.56. The minimum atomic E-state index is -0.659. The minimum absolute atomic E-state index is 0.0732. The lowest BCUT2D eigenvalue weighted by Gasteiger charge is -2.27. The molecule has 4 atom stereocenters. The van der Waals surface area contributed by atoms with Crippen LogP contribution in [0.5, 0.6) is 5.75 Å². The molecular formula is C23H21ClN2O4. The number of fused-ring (bicyclic) bond motifs is 3. The molecule has 5 rings (SSSR count).